The van der Waals surface area contributed by atoms with Crippen LogP contribution in [0.3, 0.4) is 0 Å². The Bertz CT molecular complexity index is 1450. The van der Waals surface area contributed by atoms with Gasteiger partial charge in [-0.05, 0) is 41.8 Å². The summed E-state index contributed by atoms with van der Waals surface area (Å²) in [5, 5.41) is 2.88. The number of aromatic nitrogens is 3. The molecule has 33 heavy (non-hydrogen) atoms. The fraction of sp³-hybridized carbons (Fsp3) is 0.115. The van der Waals surface area contributed by atoms with Crippen molar-refractivity contribution < 1.29 is 9.18 Å². The third-order valence-corrected chi connectivity index (χ3v) is 5.65. The summed E-state index contributed by atoms with van der Waals surface area (Å²) < 4.78 is 15.0. The number of carbonyl (C=O) groups is 1. The predicted octanol–water partition coefficient (Wildman–Crippen LogP) is 4.48. The van der Waals surface area contributed by atoms with Crippen LogP contribution in [0.25, 0.3) is 22.2 Å². The molecular weight excluding hydrogens is 417 g/mol. The molecule has 1 amide bonds. The first-order chi connectivity index (χ1) is 16.1. The Hall–Kier alpha value is -4.26. The molecule has 0 atom stereocenters. The van der Waals surface area contributed by atoms with Crippen molar-refractivity contribution in [2.45, 2.75) is 19.5 Å². The van der Waals surface area contributed by atoms with Crippen LogP contribution in [0, 0.1) is 5.82 Å². The van der Waals surface area contributed by atoms with Crippen molar-refractivity contribution in [2.75, 3.05) is 5.73 Å². The topological polar surface area (TPSA) is 85.8 Å². The van der Waals surface area contributed by atoms with Gasteiger partial charge in [0.25, 0.3) is 5.91 Å². The van der Waals surface area contributed by atoms with E-state index in [2.05, 4.69) is 17.4 Å². The van der Waals surface area contributed by atoms with Crippen LogP contribution in [0.4, 0.5) is 10.2 Å². The fourth-order valence-corrected chi connectivity index (χ4v) is 3.93. The first-order valence-electron chi connectivity index (χ1n) is 10.7. The number of nitrogen functional groups attached to an aromatic ring is 1. The normalized spacial score (nSPS) is 11.2. The molecule has 0 fully saturated rings. The van der Waals surface area contributed by atoms with Gasteiger partial charge in [0.2, 0.25) is 0 Å². The Kier molecular flexibility index (Phi) is 5.44. The van der Waals surface area contributed by atoms with Gasteiger partial charge in [0.15, 0.2) is 5.65 Å². The Balaban J connectivity index is 1.53. The van der Waals surface area contributed by atoms with E-state index in [1.165, 1.54) is 12.1 Å². The number of hydrogen-bond acceptors (Lipinski definition) is 4. The van der Waals surface area contributed by atoms with Crippen LogP contribution >= 0.6 is 0 Å². The van der Waals surface area contributed by atoms with Gasteiger partial charge >= 0.3 is 0 Å². The van der Waals surface area contributed by atoms with Crippen molar-refractivity contribution >= 4 is 33.9 Å². The summed E-state index contributed by atoms with van der Waals surface area (Å²) >= 11 is 0. The van der Waals surface area contributed by atoms with Crippen molar-refractivity contribution in [3.8, 4) is 0 Å². The van der Waals surface area contributed by atoms with Crippen molar-refractivity contribution in [3.05, 3.63) is 101 Å². The van der Waals surface area contributed by atoms with Crippen LogP contribution in [0.1, 0.15) is 21.5 Å². The second-order valence-corrected chi connectivity index (χ2v) is 7.84. The zero-order valence-electron chi connectivity index (χ0n) is 17.8. The van der Waals surface area contributed by atoms with E-state index in [1.807, 2.05) is 47.0 Å². The number of anilines is 1. The Morgan fingerprint density at radius 1 is 0.879 bits per heavy atom. The highest BCUT2D eigenvalue weighted by Crippen LogP contribution is 2.28. The lowest BCUT2D eigenvalue weighted by Crippen LogP contribution is -2.24. The maximum atomic E-state index is 13.2. The number of nitrogens with zero attached hydrogens (tertiary/aromatic N) is 3. The summed E-state index contributed by atoms with van der Waals surface area (Å²) in [5.41, 5.74) is 11.2. The van der Waals surface area contributed by atoms with E-state index < -0.39 is 0 Å². The van der Waals surface area contributed by atoms with Crippen LogP contribution in [0.2, 0.25) is 0 Å². The van der Waals surface area contributed by atoms with Gasteiger partial charge in [0.05, 0.1) is 11.0 Å². The van der Waals surface area contributed by atoms with Crippen molar-refractivity contribution in [1.29, 1.82) is 0 Å². The minimum atomic E-state index is -0.343. The minimum Gasteiger partial charge on any atom is -0.384 e. The van der Waals surface area contributed by atoms with Gasteiger partial charge in [0, 0.05) is 13.1 Å². The number of nitrogens with two attached hydrogens (primary N) is 1. The Morgan fingerprint density at radius 2 is 1.55 bits per heavy atom. The van der Waals surface area contributed by atoms with Gasteiger partial charge in [-0.15, -0.1) is 0 Å². The molecule has 2 heterocycles. The average Bonchev–Trinajstić information content (AvgIpc) is 3.11. The molecule has 0 unspecified atom stereocenters. The molecule has 0 saturated heterocycles. The SMILES string of the molecule is Nc1c(C(=O)NCc2ccc(F)cc2)c2nc3ccccc3nc2n1CCc1ccccc1. The van der Waals surface area contributed by atoms with Crippen LogP contribution in [-0.2, 0) is 19.5 Å². The van der Waals surface area contributed by atoms with Gasteiger partial charge in [-0.2, -0.15) is 0 Å². The number of rotatable bonds is 6. The van der Waals surface area contributed by atoms with E-state index in [9.17, 15) is 9.18 Å². The summed E-state index contributed by atoms with van der Waals surface area (Å²) in [4.78, 5) is 22.7. The van der Waals surface area contributed by atoms with Crippen LogP contribution in [0.5, 0.6) is 0 Å². The van der Waals surface area contributed by atoms with E-state index in [4.69, 9.17) is 15.7 Å². The molecule has 2 aromatic heterocycles. The highest BCUT2D eigenvalue weighted by atomic mass is 19.1. The average molecular weight is 439 g/mol. The molecule has 3 aromatic carbocycles. The maximum absolute atomic E-state index is 13.2. The molecule has 0 bridgehead atoms. The zero-order chi connectivity index (χ0) is 22.8. The number of fused-ring (bicyclic) bond motifs is 2. The minimum absolute atomic E-state index is 0.246. The van der Waals surface area contributed by atoms with E-state index in [1.54, 1.807) is 12.1 Å². The third kappa shape index (κ3) is 4.13. The highest BCUT2D eigenvalue weighted by molar-refractivity contribution is 6.10. The molecule has 5 rings (SSSR count). The molecule has 164 valence electrons. The molecule has 0 saturated carbocycles. The van der Waals surface area contributed by atoms with Crippen LogP contribution in [-0.4, -0.2) is 20.4 Å². The number of amides is 1. The van der Waals surface area contributed by atoms with Crippen LogP contribution in [0.15, 0.2) is 78.9 Å². The molecule has 0 aliphatic heterocycles. The van der Waals surface area contributed by atoms with Crippen molar-refractivity contribution in [3.63, 3.8) is 0 Å². The molecule has 6 nitrogen and oxygen atoms in total. The van der Waals surface area contributed by atoms with Gasteiger partial charge < -0.3 is 15.6 Å². The monoisotopic (exact) mass is 439 g/mol. The summed E-state index contributed by atoms with van der Waals surface area (Å²) in [6.07, 6.45) is 0.736. The lowest BCUT2D eigenvalue weighted by Gasteiger charge is -2.08. The van der Waals surface area contributed by atoms with Crippen molar-refractivity contribution in [1.82, 2.24) is 19.9 Å². The summed E-state index contributed by atoms with van der Waals surface area (Å²) in [5.74, 6) is -0.337. The molecular formula is C26H22FN5O. The molecule has 0 radical (unpaired) electrons. The smallest absolute Gasteiger partial charge is 0.257 e. The van der Waals surface area contributed by atoms with Crippen LogP contribution < -0.4 is 11.1 Å². The Morgan fingerprint density at radius 3 is 2.27 bits per heavy atom. The third-order valence-electron chi connectivity index (χ3n) is 5.65. The van der Waals surface area contributed by atoms with E-state index >= 15 is 0 Å². The Labute approximate surface area is 189 Å². The lowest BCUT2D eigenvalue weighted by molar-refractivity contribution is 0.0953. The number of aryl methyl sites for hydroxylation is 2. The molecule has 0 aliphatic carbocycles. The largest absolute Gasteiger partial charge is 0.384 e. The molecule has 0 aliphatic rings. The number of halogens is 1. The summed E-state index contributed by atoms with van der Waals surface area (Å²) in [6, 6.07) is 23.6. The second kappa shape index (κ2) is 8.70. The lowest BCUT2D eigenvalue weighted by atomic mass is 10.1. The van der Waals surface area contributed by atoms with E-state index in [-0.39, 0.29) is 18.3 Å². The first kappa shape index (κ1) is 20.6. The zero-order valence-corrected chi connectivity index (χ0v) is 17.8. The summed E-state index contributed by atoms with van der Waals surface area (Å²) in [7, 11) is 0. The second-order valence-electron chi connectivity index (χ2n) is 7.84. The maximum Gasteiger partial charge on any atom is 0.257 e. The number of benzene rings is 3. The van der Waals surface area contributed by atoms with Crippen molar-refractivity contribution in [2.24, 2.45) is 0 Å². The number of hydrogen-bond donors (Lipinski definition) is 2. The van der Waals surface area contributed by atoms with Gasteiger partial charge in [0.1, 0.15) is 22.7 Å². The predicted molar refractivity (Wildman–Crippen MR) is 127 cm³/mol. The molecule has 5 aromatic rings. The molecule has 3 N–H and O–H groups in total. The molecule has 0 spiro atoms. The molecule has 7 heteroatoms. The van der Waals surface area contributed by atoms with E-state index in [0.29, 0.717) is 34.6 Å². The van der Waals surface area contributed by atoms with Gasteiger partial charge in [-0.3, -0.25) is 4.79 Å². The number of para-hydroxylation sites is 2. The fourth-order valence-electron chi connectivity index (χ4n) is 3.93. The number of nitrogens with one attached hydrogen (secondary N) is 1. The van der Waals surface area contributed by atoms with Gasteiger partial charge in [-0.1, -0.05) is 54.6 Å². The first-order valence-corrected chi connectivity index (χ1v) is 10.7. The summed E-state index contributed by atoms with van der Waals surface area (Å²) in [6.45, 7) is 0.806. The van der Waals surface area contributed by atoms with Gasteiger partial charge in [-0.25, -0.2) is 14.4 Å². The van der Waals surface area contributed by atoms with E-state index in [0.717, 1.165) is 23.1 Å². The number of carbonyl (C=O) groups excluding carboxylic acids is 1. The highest BCUT2D eigenvalue weighted by Gasteiger charge is 2.23. The quantitative estimate of drug-likeness (QED) is 0.409. The standard InChI is InChI=1S/C26H22FN5O/c27-19-12-10-18(11-13-19)16-29-26(33)22-23-25(31-21-9-5-4-8-20(21)30-23)32(24(22)28)15-14-17-6-2-1-3-7-17/h1-13H,14-16,28H2,(H,29,33).